The van der Waals surface area contributed by atoms with E-state index in [0.717, 1.165) is 11.4 Å². The fraction of sp³-hybridized carbons (Fsp3) is 0.312. The number of nitrogens with zero attached hydrogens (tertiary/aromatic N) is 5. The first kappa shape index (κ1) is 18.5. The van der Waals surface area contributed by atoms with E-state index in [4.69, 9.17) is 0 Å². The van der Waals surface area contributed by atoms with Crippen molar-refractivity contribution in [3.05, 3.63) is 35.1 Å². The Morgan fingerprint density at radius 2 is 2.15 bits per heavy atom. The highest BCUT2D eigenvalue weighted by Gasteiger charge is 2.20. The maximum Gasteiger partial charge on any atom is 0.239 e. The lowest BCUT2D eigenvalue weighted by molar-refractivity contribution is -0.115. The van der Waals surface area contributed by atoms with Crippen LogP contribution in [-0.2, 0) is 18.3 Å². The van der Waals surface area contributed by atoms with Gasteiger partial charge in [-0.25, -0.2) is 4.39 Å². The Kier molecular flexibility index (Phi) is 5.62. The number of carbonyl (C=O) groups excluding carboxylic acids is 1. The summed E-state index contributed by atoms with van der Waals surface area (Å²) < 4.78 is 15.2. The van der Waals surface area contributed by atoms with Gasteiger partial charge in [0.1, 0.15) is 10.8 Å². The highest BCUT2D eigenvalue weighted by atomic mass is 32.2. The second-order valence-electron chi connectivity index (χ2n) is 5.48. The molecule has 2 aromatic heterocycles. The van der Waals surface area contributed by atoms with Gasteiger partial charge in [-0.1, -0.05) is 42.2 Å². The first-order chi connectivity index (χ1) is 12.5. The van der Waals surface area contributed by atoms with Crippen LogP contribution in [0, 0.1) is 5.82 Å². The van der Waals surface area contributed by atoms with Crippen LogP contribution in [0.5, 0.6) is 0 Å². The molecular weight excluding hydrogens is 375 g/mol. The minimum absolute atomic E-state index is 0.191. The predicted molar refractivity (Wildman–Crippen MR) is 99.6 cm³/mol. The number of amides is 1. The van der Waals surface area contributed by atoms with E-state index < -0.39 is 5.25 Å². The Hall–Kier alpha value is -2.33. The van der Waals surface area contributed by atoms with E-state index in [2.05, 4.69) is 25.7 Å². The minimum atomic E-state index is -0.410. The highest BCUT2D eigenvalue weighted by Crippen LogP contribution is 2.27. The molecule has 0 bridgehead atoms. The number of carbonyl (C=O) groups is 1. The number of hydrogen-bond acceptors (Lipinski definition) is 7. The fourth-order valence-electron chi connectivity index (χ4n) is 2.16. The largest absolute Gasteiger partial charge is 0.305 e. The lowest BCUT2D eigenvalue weighted by Crippen LogP contribution is -2.22. The number of benzene rings is 1. The van der Waals surface area contributed by atoms with Gasteiger partial charge in [-0.05, 0) is 25.5 Å². The molecule has 1 amide bonds. The molecule has 0 spiro atoms. The van der Waals surface area contributed by atoms with Crippen LogP contribution in [0.4, 0.5) is 9.52 Å². The van der Waals surface area contributed by atoms with Crippen LogP contribution in [0.15, 0.2) is 29.4 Å². The maximum atomic E-state index is 13.4. The van der Waals surface area contributed by atoms with E-state index >= 15 is 0 Å². The monoisotopic (exact) mass is 392 g/mol. The minimum Gasteiger partial charge on any atom is -0.305 e. The summed E-state index contributed by atoms with van der Waals surface area (Å²) in [5.41, 5.74) is 0.630. The smallest absolute Gasteiger partial charge is 0.239 e. The van der Waals surface area contributed by atoms with Gasteiger partial charge in [0.2, 0.25) is 11.0 Å². The Morgan fingerprint density at radius 1 is 1.35 bits per heavy atom. The van der Waals surface area contributed by atoms with Gasteiger partial charge in [0, 0.05) is 12.6 Å². The Bertz CT molecular complexity index is 925. The average molecular weight is 392 g/mol. The van der Waals surface area contributed by atoms with Crippen LogP contribution in [-0.4, -0.2) is 36.1 Å². The molecule has 0 unspecified atom stereocenters. The third kappa shape index (κ3) is 4.07. The normalized spacial score (nSPS) is 12.2. The molecular formula is C16H17FN6OS2. The predicted octanol–water partition coefficient (Wildman–Crippen LogP) is 3.15. The molecule has 0 aliphatic carbocycles. The van der Waals surface area contributed by atoms with Crippen molar-refractivity contribution in [3.8, 4) is 11.4 Å². The number of hydrogen-bond donors (Lipinski definition) is 1. The van der Waals surface area contributed by atoms with Crippen LogP contribution in [0.3, 0.4) is 0 Å². The van der Waals surface area contributed by atoms with Gasteiger partial charge in [-0.15, -0.1) is 20.4 Å². The van der Waals surface area contributed by atoms with Crippen molar-refractivity contribution >= 4 is 34.1 Å². The SMILES string of the molecule is CCc1nnc(NC(=O)[C@@H](C)Sc2nnc(-c3cccc(F)c3)n2C)s1. The number of aryl methyl sites for hydroxylation is 1. The molecule has 0 fully saturated rings. The molecule has 3 rings (SSSR count). The zero-order chi connectivity index (χ0) is 18.7. The molecule has 0 saturated heterocycles. The van der Waals surface area contributed by atoms with Crippen molar-refractivity contribution in [2.75, 3.05) is 5.32 Å². The number of thioether (sulfide) groups is 1. The van der Waals surface area contributed by atoms with Gasteiger partial charge in [0.15, 0.2) is 11.0 Å². The summed E-state index contributed by atoms with van der Waals surface area (Å²) in [5.74, 6) is 0.0105. The van der Waals surface area contributed by atoms with Gasteiger partial charge >= 0.3 is 0 Å². The Morgan fingerprint density at radius 3 is 2.85 bits per heavy atom. The lowest BCUT2D eigenvalue weighted by Gasteiger charge is -2.10. The zero-order valence-corrected chi connectivity index (χ0v) is 16.1. The fourth-order valence-corrected chi connectivity index (χ4v) is 3.66. The molecule has 0 aliphatic rings. The summed E-state index contributed by atoms with van der Waals surface area (Å²) in [6.07, 6.45) is 0.777. The van der Waals surface area contributed by atoms with Gasteiger partial charge in [0.05, 0.1) is 5.25 Å². The van der Waals surface area contributed by atoms with E-state index in [1.54, 1.807) is 30.7 Å². The van der Waals surface area contributed by atoms with Crippen molar-refractivity contribution in [2.24, 2.45) is 7.05 Å². The number of anilines is 1. The third-order valence-electron chi connectivity index (χ3n) is 3.57. The number of nitrogens with one attached hydrogen (secondary N) is 1. The molecule has 7 nitrogen and oxygen atoms in total. The Balaban J connectivity index is 1.69. The third-order valence-corrected chi connectivity index (χ3v) is 5.69. The van der Waals surface area contributed by atoms with Crippen LogP contribution >= 0.6 is 23.1 Å². The summed E-state index contributed by atoms with van der Waals surface area (Å²) in [6, 6.07) is 6.15. The average Bonchev–Trinajstić information content (AvgIpc) is 3.22. The molecule has 26 heavy (non-hydrogen) atoms. The van der Waals surface area contributed by atoms with Crippen LogP contribution in [0.2, 0.25) is 0 Å². The number of rotatable bonds is 6. The molecule has 2 heterocycles. The van der Waals surface area contributed by atoms with Gasteiger partial charge < -0.3 is 4.57 Å². The number of halogens is 1. The molecule has 10 heteroatoms. The highest BCUT2D eigenvalue weighted by molar-refractivity contribution is 8.00. The van der Waals surface area contributed by atoms with Crippen LogP contribution < -0.4 is 5.32 Å². The van der Waals surface area contributed by atoms with E-state index in [1.165, 1.54) is 35.2 Å². The standard InChI is InChI=1S/C16H17FN6OS2/c1-4-12-19-21-15(26-12)18-14(24)9(2)25-16-22-20-13(23(16)3)10-6-5-7-11(17)8-10/h5-9H,4H2,1-3H3,(H,18,21,24)/t9-/m1/s1. The lowest BCUT2D eigenvalue weighted by atomic mass is 10.2. The molecule has 1 N–H and O–H groups in total. The summed E-state index contributed by atoms with van der Waals surface area (Å²) in [6.45, 7) is 3.76. The topological polar surface area (TPSA) is 85.6 Å². The molecule has 1 atom stereocenters. The van der Waals surface area contributed by atoms with Crippen LogP contribution in [0.25, 0.3) is 11.4 Å². The van der Waals surface area contributed by atoms with Crippen molar-refractivity contribution in [3.63, 3.8) is 0 Å². The molecule has 0 aliphatic heterocycles. The first-order valence-electron chi connectivity index (χ1n) is 7.93. The maximum absolute atomic E-state index is 13.4. The molecule has 3 aromatic rings. The summed E-state index contributed by atoms with van der Waals surface area (Å²) >= 11 is 2.63. The quantitative estimate of drug-likeness (QED) is 0.649. The molecule has 1 aromatic carbocycles. The van der Waals surface area contributed by atoms with Crippen molar-refractivity contribution < 1.29 is 9.18 Å². The van der Waals surface area contributed by atoms with E-state index in [0.29, 0.717) is 21.7 Å². The van der Waals surface area contributed by atoms with E-state index in [-0.39, 0.29) is 11.7 Å². The molecule has 0 saturated carbocycles. The number of aromatic nitrogens is 5. The zero-order valence-electron chi connectivity index (χ0n) is 14.4. The first-order valence-corrected chi connectivity index (χ1v) is 9.62. The molecule has 0 radical (unpaired) electrons. The second-order valence-corrected chi connectivity index (χ2v) is 7.85. The van der Waals surface area contributed by atoms with Crippen LogP contribution in [0.1, 0.15) is 18.9 Å². The van der Waals surface area contributed by atoms with E-state index in [9.17, 15) is 9.18 Å². The van der Waals surface area contributed by atoms with Crippen molar-refractivity contribution in [1.82, 2.24) is 25.0 Å². The van der Waals surface area contributed by atoms with Gasteiger partial charge in [-0.2, -0.15) is 0 Å². The van der Waals surface area contributed by atoms with E-state index in [1.807, 2.05) is 6.92 Å². The summed E-state index contributed by atoms with van der Waals surface area (Å²) in [4.78, 5) is 12.3. The van der Waals surface area contributed by atoms with Crippen molar-refractivity contribution in [2.45, 2.75) is 30.7 Å². The van der Waals surface area contributed by atoms with Gasteiger partial charge in [0.25, 0.3) is 0 Å². The van der Waals surface area contributed by atoms with Gasteiger partial charge in [-0.3, -0.25) is 10.1 Å². The second kappa shape index (κ2) is 7.92. The summed E-state index contributed by atoms with van der Waals surface area (Å²) in [5, 5.41) is 20.4. The molecule has 136 valence electrons. The summed E-state index contributed by atoms with van der Waals surface area (Å²) in [7, 11) is 1.78. The van der Waals surface area contributed by atoms with Crippen molar-refractivity contribution in [1.29, 1.82) is 0 Å². The Labute approximate surface area is 158 Å².